The average Bonchev–Trinajstić information content (AvgIpc) is 2.84. The van der Waals surface area contributed by atoms with Gasteiger partial charge in [-0.15, -0.1) is 0 Å². The van der Waals surface area contributed by atoms with Crippen molar-refractivity contribution in [3.05, 3.63) is 29.0 Å². The topological polar surface area (TPSA) is 108 Å². The molecule has 1 saturated heterocycles. The first-order valence-electron chi connectivity index (χ1n) is 5.79. The van der Waals surface area contributed by atoms with E-state index in [9.17, 15) is 14.4 Å². The molecule has 1 aromatic heterocycles. The van der Waals surface area contributed by atoms with E-state index in [-0.39, 0.29) is 23.7 Å². The minimum atomic E-state index is -1.23. The third-order valence-electron chi connectivity index (χ3n) is 3.19. The van der Waals surface area contributed by atoms with E-state index < -0.39 is 29.8 Å². The highest BCUT2D eigenvalue weighted by atomic mass is 35.5. The standard InChI is InChI=1S/C12H11ClN2O5/c13-9-7(2-1-3-14-9)10(16)15-5-6(11(17)18)4-8(15)12(19)20/h1-3,6,8H,4-5H2,(H,17,18)(H,19,20). The third kappa shape index (κ3) is 2.57. The molecule has 0 bridgehead atoms. The summed E-state index contributed by atoms with van der Waals surface area (Å²) >= 11 is 5.80. The van der Waals surface area contributed by atoms with Crippen LogP contribution < -0.4 is 0 Å². The highest BCUT2D eigenvalue weighted by Gasteiger charge is 2.43. The fourth-order valence-electron chi connectivity index (χ4n) is 2.17. The van der Waals surface area contributed by atoms with Crippen LogP contribution in [0.4, 0.5) is 0 Å². The van der Waals surface area contributed by atoms with Gasteiger partial charge in [0.25, 0.3) is 5.91 Å². The molecule has 106 valence electrons. The summed E-state index contributed by atoms with van der Waals surface area (Å²) < 4.78 is 0. The molecule has 2 unspecified atom stereocenters. The summed E-state index contributed by atoms with van der Waals surface area (Å²) in [4.78, 5) is 39.2. The van der Waals surface area contributed by atoms with Crippen LogP contribution >= 0.6 is 11.6 Å². The molecule has 0 spiro atoms. The maximum absolute atomic E-state index is 12.3. The maximum Gasteiger partial charge on any atom is 0.326 e. The van der Waals surface area contributed by atoms with E-state index >= 15 is 0 Å². The predicted molar refractivity (Wildman–Crippen MR) is 67.5 cm³/mol. The second-order valence-corrected chi connectivity index (χ2v) is 4.78. The number of halogens is 1. The molecule has 1 fully saturated rings. The molecule has 1 aliphatic rings. The van der Waals surface area contributed by atoms with Crippen LogP contribution in [0.2, 0.25) is 5.15 Å². The molecule has 2 atom stereocenters. The quantitative estimate of drug-likeness (QED) is 0.797. The minimum Gasteiger partial charge on any atom is -0.481 e. The van der Waals surface area contributed by atoms with Crippen LogP contribution in [-0.2, 0) is 9.59 Å². The Morgan fingerprint density at radius 3 is 2.55 bits per heavy atom. The molecule has 1 aliphatic heterocycles. The van der Waals surface area contributed by atoms with Crippen LogP contribution in [0.3, 0.4) is 0 Å². The second-order valence-electron chi connectivity index (χ2n) is 4.42. The molecule has 0 aliphatic carbocycles. The number of carboxylic acids is 2. The van der Waals surface area contributed by atoms with Gasteiger partial charge >= 0.3 is 11.9 Å². The van der Waals surface area contributed by atoms with Gasteiger partial charge < -0.3 is 15.1 Å². The monoisotopic (exact) mass is 298 g/mol. The second kappa shape index (κ2) is 5.46. The van der Waals surface area contributed by atoms with Crippen molar-refractivity contribution in [2.45, 2.75) is 12.5 Å². The van der Waals surface area contributed by atoms with Crippen LogP contribution in [0.25, 0.3) is 0 Å². The first-order valence-corrected chi connectivity index (χ1v) is 6.16. The predicted octanol–water partition coefficient (Wildman–Crippen LogP) is 0.735. The normalized spacial score (nSPS) is 21.8. The molecular formula is C12H11ClN2O5. The molecule has 1 amide bonds. The van der Waals surface area contributed by atoms with Crippen molar-refractivity contribution >= 4 is 29.4 Å². The fourth-order valence-corrected chi connectivity index (χ4v) is 2.37. The van der Waals surface area contributed by atoms with Gasteiger partial charge in [-0.3, -0.25) is 9.59 Å². The Bertz CT molecular complexity index is 577. The highest BCUT2D eigenvalue weighted by molar-refractivity contribution is 6.32. The van der Waals surface area contributed by atoms with E-state index in [4.69, 9.17) is 21.8 Å². The molecule has 7 nitrogen and oxygen atoms in total. The zero-order valence-electron chi connectivity index (χ0n) is 10.2. The number of carbonyl (C=O) groups excluding carboxylic acids is 1. The van der Waals surface area contributed by atoms with Gasteiger partial charge in [-0.05, 0) is 18.6 Å². The van der Waals surface area contributed by atoms with Gasteiger partial charge in [0.15, 0.2) is 0 Å². The van der Waals surface area contributed by atoms with E-state index in [0.717, 1.165) is 4.90 Å². The number of aromatic nitrogens is 1. The van der Waals surface area contributed by atoms with Crippen molar-refractivity contribution in [1.29, 1.82) is 0 Å². The number of hydrogen-bond donors (Lipinski definition) is 2. The smallest absolute Gasteiger partial charge is 0.326 e. The Morgan fingerprint density at radius 1 is 1.30 bits per heavy atom. The van der Waals surface area contributed by atoms with Crippen LogP contribution in [0.1, 0.15) is 16.8 Å². The minimum absolute atomic E-state index is 0.0413. The number of likely N-dealkylation sites (tertiary alicyclic amines) is 1. The van der Waals surface area contributed by atoms with Crippen molar-refractivity contribution in [2.75, 3.05) is 6.54 Å². The summed E-state index contributed by atoms with van der Waals surface area (Å²) in [7, 11) is 0. The molecule has 2 rings (SSSR count). The molecule has 0 aromatic carbocycles. The number of nitrogens with zero attached hydrogens (tertiary/aromatic N) is 2. The van der Waals surface area contributed by atoms with Gasteiger partial charge in [-0.2, -0.15) is 0 Å². The summed E-state index contributed by atoms with van der Waals surface area (Å²) in [6, 6.07) is 1.75. The van der Waals surface area contributed by atoms with Crippen molar-refractivity contribution in [1.82, 2.24) is 9.88 Å². The van der Waals surface area contributed by atoms with Gasteiger partial charge in [0.1, 0.15) is 11.2 Å². The Hall–Kier alpha value is -2.15. The number of amides is 1. The molecule has 0 radical (unpaired) electrons. The highest BCUT2D eigenvalue weighted by Crippen LogP contribution is 2.27. The number of carbonyl (C=O) groups is 3. The van der Waals surface area contributed by atoms with Crippen molar-refractivity contribution < 1.29 is 24.6 Å². The van der Waals surface area contributed by atoms with Crippen molar-refractivity contribution in [3.8, 4) is 0 Å². The summed E-state index contributed by atoms with van der Waals surface area (Å²) in [5.41, 5.74) is 0.0615. The first-order chi connectivity index (χ1) is 9.41. The molecule has 1 aromatic rings. The summed E-state index contributed by atoms with van der Waals surface area (Å²) in [6.45, 7) is -0.156. The SMILES string of the molecule is O=C(O)C1CC(C(=O)O)N(C(=O)c2cccnc2Cl)C1. The number of hydrogen-bond acceptors (Lipinski definition) is 4. The lowest BCUT2D eigenvalue weighted by Crippen LogP contribution is -2.40. The van der Waals surface area contributed by atoms with Crippen molar-refractivity contribution in [3.63, 3.8) is 0 Å². The summed E-state index contributed by atoms with van der Waals surface area (Å²) in [5.74, 6) is -3.87. The van der Waals surface area contributed by atoms with E-state index in [1.165, 1.54) is 18.3 Å². The molecule has 2 N–H and O–H groups in total. The van der Waals surface area contributed by atoms with Crippen LogP contribution in [0.5, 0.6) is 0 Å². The number of aliphatic carboxylic acids is 2. The molecular weight excluding hydrogens is 288 g/mol. The largest absolute Gasteiger partial charge is 0.481 e. The fraction of sp³-hybridized carbons (Fsp3) is 0.333. The Morgan fingerprint density at radius 2 is 2.00 bits per heavy atom. The van der Waals surface area contributed by atoms with E-state index in [1.807, 2.05) is 0 Å². The average molecular weight is 299 g/mol. The van der Waals surface area contributed by atoms with Crippen LogP contribution in [0, 0.1) is 5.92 Å². The van der Waals surface area contributed by atoms with Gasteiger partial charge in [0.2, 0.25) is 0 Å². The first kappa shape index (κ1) is 14.3. The van der Waals surface area contributed by atoms with Gasteiger partial charge in [-0.1, -0.05) is 11.6 Å². The van der Waals surface area contributed by atoms with Crippen LogP contribution in [-0.4, -0.2) is 50.5 Å². The van der Waals surface area contributed by atoms with E-state index in [1.54, 1.807) is 0 Å². The number of rotatable bonds is 3. The van der Waals surface area contributed by atoms with E-state index in [0.29, 0.717) is 0 Å². The molecule has 8 heteroatoms. The Balaban J connectivity index is 2.30. The van der Waals surface area contributed by atoms with Gasteiger partial charge in [0.05, 0.1) is 11.5 Å². The number of pyridine rings is 1. The molecule has 20 heavy (non-hydrogen) atoms. The van der Waals surface area contributed by atoms with Crippen molar-refractivity contribution in [2.24, 2.45) is 5.92 Å². The third-order valence-corrected chi connectivity index (χ3v) is 3.49. The molecule has 2 heterocycles. The zero-order valence-corrected chi connectivity index (χ0v) is 10.9. The zero-order chi connectivity index (χ0) is 14.9. The molecule has 0 saturated carbocycles. The summed E-state index contributed by atoms with van der Waals surface area (Å²) in [6.07, 6.45) is 1.28. The lowest BCUT2D eigenvalue weighted by molar-refractivity contribution is -0.141. The lowest BCUT2D eigenvalue weighted by atomic mass is 10.1. The Kier molecular flexibility index (Phi) is 3.89. The lowest BCUT2D eigenvalue weighted by Gasteiger charge is -2.21. The maximum atomic E-state index is 12.3. The summed E-state index contributed by atoms with van der Waals surface area (Å²) in [5, 5.41) is 18.0. The van der Waals surface area contributed by atoms with E-state index in [2.05, 4.69) is 4.98 Å². The van der Waals surface area contributed by atoms with Gasteiger partial charge in [0, 0.05) is 12.7 Å². The number of carboxylic acid groups (broad SMARTS) is 2. The van der Waals surface area contributed by atoms with Crippen LogP contribution in [0.15, 0.2) is 18.3 Å². The van der Waals surface area contributed by atoms with Gasteiger partial charge in [-0.25, -0.2) is 9.78 Å². The Labute approximate surface area is 118 Å².